The zero-order valence-corrected chi connectivity index (χ0v) is 20.8. The summed E-state index contributed by atoms with van der Waals surface area (Å²) in [7, 11) is 0. The standard InChI is InChI=1S/C17H23N3O2.C5H4IN5/c1-3-8-15-19-14-10-6-5-9-13(14)17(20-15)18-12-7-11-16(21)22-4-2;6-11-2-10-3-4(7)8-1-9-5(3)11/h5-6,9-10H,3-4,7-8,11-12H2,1-2H3,(H,18,19,20);1-2H,(H2,7,8,9). The van der Waals surface area contributed by atoms with Crippen molar-refractivity contribution in [1.82, 2.24) is 27.7 Å². The highest BCUT2D eigenvalue weighted by atomic mass is 127. The van der Waals surface area contributed by atoms with Crippen LogP contribution in [0, 0.1) is 0 Å². The number of benzene rings is 1. The number of anilines is 2. The monoisotopic (exact) mass is 562 g/mol. The molecule has 0 fully saturated rings. The predicted molar refractivity (Wildman–Crippen MR) is 137 cm³/mol. The van der Waals surface area contributed by atoms with Crippen LogP contribution in [0.3, 0.4) is 0 Å². The Kier molecular flexibility index (Phi) is 9.10. The molecule has 0 radical (unpaired) electrons. The van der Waals surface area contributed by atoms with E-state index >= 15 is 0 Å². The third kappa shape index (κ3) is 6.70. The van der Waals surface area contributed by atoms with Gasteiger partial charge >= 0.3 is 5.97 Å². The lowest BCUT2D eigenvalue weighted by atomic mass is 10.2. The minimum absolute atomic E-state index is 0.150. The molecule has 3 N–H and O–H groups in total. The number of aryl methyl sites for hydroxylation is 1. The Morgan fingerprint density at radius 2 is 2.00 bits per heavy atom. The normalized spacial score (nSPS) is 10.6. The van der Waals surface area contributed by atoms with Crippen LogP contribution in [-0.2, 0) is 16.0 Å². The fraction of sp³-hybridized carbons (Fsp3) is 0.364. The molecule has 0 saturated heterocycles. The van der Waals surface area contributed by atoms with E-state index in [0.717, 1.165) is 47.5 Å². The number of hydrogen-bond donors (Lipinski definition) is 2. The van der Waals surface area contributed by atoms with Crippen LogP contribution in [0.15, 0.2) is 36.9 Å². The summed E-state index contributed by atoms with van der Waals surface area (Å²) in [5.41, 5.74) is 7.89. The third-order valence-corrected chi connectivity index (χ3v) is 5.31. The van der Waals surface area contributed by atoms with Gasteiger partial charge < -0.3 is 15.8 Å². The van der Waals surface area contributed by atoms with E-state index < -0.39 is 0 Å². The minimum atomic E-state index is -0.150. The summed E-state index contributed by atoms with van der Waals surface area (Å²) in [6.45, 7) is 5.05. The number of rotatable bonds is 8. The van der Waals surface area contributed by atoms with Crippen molar-refractivity contribution >= 4 is 62.5 Å². The van der Waals surface area contributed by atoms with Gasteiger partial charge in [-0.15, -0.1) is 0 Å². The number of halogens is 1. The molecule has 0 unspecified atom stereocenters. The maximum absolute atomic E-state index is 11.3. The van der Waals surface area contributed by atoms with Crippen molar-refractivity contribution in [3.05, 3.63) is 42.7 Å². The van der Waals surface area contributed by atoms with Gasteiger partial charge in [-0.25, -0.2) is 24.9 Å². The average molecular weight is 562 g/mol. The number of fused-ring (bicyclic) bond motifs is 2. The summed E-state index contributed by atoms with van der Waals surface area (Å²) in [5.74, 6) is 1.97. The molecule has 0 amide bonds. The second-order valence-corrected chi connectivity index (χ2v) is 8.12. The van der Waals surface area contributed by atoms with Crippen molar-refractivity contribution in [2.45, 2.75) is 39.5 Å². The molecule has 0 spiro atoms. The number of nitrogens with zero attached hydrogens (tertiary/aromatic N) is 6. The average Bonchev–Trinajstić information content (AvgIpc) is 3.20. The SMILES string of the molecule is CCCc1nc(NCCCC(=O)OCC)c2ccccc2n1.Nc1ncnc2c1ncn2I. The van der Waals surface area contributed by atoms with Gasteiger partial charge in [0.05, 0.1) is 35.0 Å². The van der Waals surface area contributed by atoms with Crippen molar-refractivity contribution in [3.63, 3.8) is 0 Å². The van der Waals surface area contributed by atoms with Gasteiger partial charge in [0.2, 0.25) is 0 Å². The molecule has 3 aromatic heterocycles. The molecular weight excluding hydrogens is 535 g/mol. The van der Waals surface area contributed by atoms with E-state index in [0.29, 0.717) is 30.9 Å². The number of nitrogens with one attached hydrogen (secondary N) is 1. The van der Waals surface area contributed by atoms with Crippen LogP contribution in [0.1, 0.15) is 38.9 Å². The summed E-state index contributed by atoms with van der Waals surface area (Å²) in [5, 5.41) is 4.34. The summed E-state index contributed by atoms with van der Waals surface area (Å²) < 4.78 is 6.69. The highest BCUT2D eigenvalue weighted by Crippen LogP contribution is 2.20. The van der Waals surface area contributed by atoms with Gasteiger partial charge in [0.15, 0.2) is 17.0 Å². The molecular formula is C22H27IN8O2. The van der Waals surface area contributed by atoms with E-state index in [-0.39, 0.29) is 5.97 Å². The van der Waals surface area contributed by atoms with Crippen LogP contribution in [0.25, 0.3) is 22.1 Å². The quantitative estimate of drug-likeness (QED) is 0.186. The maximum Gasteiger partial charge on any atom is 0.305 e. The first-order valence-electron chi connectivity index (χ1n) is 10.8. The number of hydrogen-bond acceptors (Lipinski definition) is 9. The zero-order chi connectivity index (χ0) is 23.6. The second kappa shape index (κ2) is 12.2. The van der Waals surface area contributed by atoms with E-state index in [1.54, 1.807) is 9.11 Å². The number of imidazole rings is 1. The molecule has 3 heterocycles. The Hall–Kier alpha value is -3.09. The maximum atomic E-state index is 11.3. The number of aromatic nitrogens is 6. The molecule has 0 aliphatic rings. The molecule has 0 atom stereocenters. The summed E-state index contributed by atoms with van der Waals surface area (Å²) in [4.78, 5) is 32.4. The molecule has 0 aliphatic carbocycles. The van der Waals surface area contributed by atoms with E-state index in [1.807, 2.05) is 31.2 Å². The molecule has 0 aliphatic heterocycles. The first-order chi connectivity index (χ1) is 16.0. The van der Waals surface area contributed by atoms with Gasteiger partial charge in [0.1, 0.15) is 24.3 Å². The molecule has 174 valence electrons. The minimum Gasteiger partial charge on any atom is -0.466 e. The van der Waals surface area contributed by atoms with Gasteiger partial charge in [0, 0.05) is 24.8 Å². The molecule has 0 saturated carbocycles. The number of nitrogen functional groups attached to an aromatic ring is 1. The molecule has 10 nitrogen and oxygen atoms in total. The topological polar surface area (TPSA) is 134 Å². The Morgan fingerprint density at radius 3 is 2.76 bits per heavy atom. The first kappa shape index (κ1) is 24.6. The summed E-state index contributed by atoms with van der Waals surface area (Å²) >= 11 is 2.08. The third-order valence-electron chi connectivity index (χ3n) is 4.60. The van der Waals surface area contributed by atoms with Crippen LogP contribution in [0.4, 0.5) is 11.6 Å². The fourth-order valence-electron chi connectivity index (χ4n) is 3.09. The Balaban J connectivity index is 0.000000231. The van der Waals surface area contributed by atoms with Crippen LogP contribution in [0.2, 0.25) is 0 Å². The Labute approximate surface area is 205 Å². The van der Waals surface area contributed by atoms with E-state index in [2.05, 4.69) is 60.0 Å². The molecule has 11 heteroatoms. The van der Waals surface area contributed by atoms with Gasteiger partial charge in [-0.05, 0) is 31.9 Å². The molecule has 0 bridgehead atoms. The zero-order valence-electron chi connectivity index (χ0n) is 18.7. The van der Waals surface area contributed by atoms with E-state index in [4.69, 9.17) is 10.5 Å². The largest absolute Gasteiger partial charge is 0.466 e. The molecule has 1 aromatic carbocycles. The van der Waals surface area contributed by atoms with Crippen molar-refractivity contribution in [3.8, 4) is 0 Å². The summed E-state index contributed by atoms with van der Waals surface area (Å²) in [6, 6.07) is 7.98. The van der Waals surface area contributed by atoms with Gasteiger partial charge in [-0.3, -0.25) is 7.58 Å². The molecule has 4 rings (SSSR count). The predicted octanol–water partition coefficient (Wildman–Crippen LogP) is 3.94. The van der Waals surface area contributed by atoms with Crippen molar-refractivity contribution in [1.29, 1.82) is 0 Å². The Morgan fingerprint density at radius 1 is 1.18 bits per heavy atom. The molecule has 33 heavy (non-hydrogen) atoms. The van der Waals surface area contributed by atoms with Crippen LogP contribution < -0.4 is 11.1 Å². The first-order valence-corrected chi connectivity index (χ1v) is 11.7. The highest BCUT2D eigenvalue weighted by molar-refractivity contribution is 14.1. The number of carbonyl (C=O) groups is 1. The van der Waals surface area contributed by atoms with Crippen molar-refractivity contribution in [2.75, 3.05) is 24.2 Å². The lowest BCUT2D eigenvalue weighted by Gasteiger charge is -2.10. The Bertz CT molecular complexity index is 1210. The second-order valence-electron chi connectivity index (χ2n) is 7.08. The van der Waals surface area contributed by atoms with E-state index in [9.17, 15) is 4.79 Å². The summed E-state index contributed by atoms with van der Waals surface area (Å²) in [6.07, 6.45) is 6.10. The number of ether oxygens (including phenoxy) is 1. The number of nitrogens with two attached hydrogens (primary N) is 1. The van der Waals surface area contributed by atoms with E-state index in [1.165, 1.54) is 6.33 Å². The van der Waals surface area contributed by atoms with Crippen LogP contribution >= 0.6 is 22.9 Å². The van der Waals surface area contributed by atoms with Crippen LogP contribution in [0.5, 0.6) is 0 Å². The fourth-order valence-corrected chi connectivity index (χ4v) is 3.57. The van der Waals surface area contributed by atoms with Gasteiger partial charge in [-0.1, -0.05) is 19.1 Å². The highest BCUT2D eigenvalue weighted by Gasteiger charge is 2.08. The van der Waals surface area contributed by atoms with Gasteiger partial charge in [-0.2, -0.15) is 0 Å². The molecule has 4 aromatic rings. The lowest BCUT2D eigenvalue weighted by molar-refractivity contribution is -0.143. The van der Waals surface area contributed by atoms with Crippen LogP contribution in [-0.4, -0.2) is 46.8 Å². The lowest BCUT2D eigenvalue weighted by Crippen LogP contribution is -2.10. The van der Waals surface area contributed by atoms with Crippen molar-refractivity contribution < 1.29 is 9.53 Å². The smallest absolute Gasteiger partial charge is 0.305 e. The number of para-hydroxylation sites is 1. The number of esters is 1. The number of carbonyl (C=O) groups excluding carboxylic acids is 1. The van der Waals surface area contributed by atoms with Gasteiger partial charge in [0.25, 0.3) is 0 Å². The van der Waals surface area contributed by atoms with Crippen molar-refractivity contribution in [2.24, 2.45) is 0 Å².